The number of rotatable bonds is 4. The first kappa shape index (κ1) is 16.7. The molecule has 126 valence electrons. The minimum atomic E-state index is -0.118. The molecule has 24 heavy (non-hydrogen) atoms. The second kappa shape index (κ2) is 7.59. The van der Waals surface area contributed by atoms with Crippen molar-refractivity contribution in [2.45, 2.75) is 6.42 Å². The number of anilines is 1. The number of thiophene rings is 1. The summed E-state index contributed by atoms with van der Waals surface area (Å²) in [5.41, 5.74) is 1.64. The summed E-state index contributed by atoms with van der Waals surface area (Å²) in [4.78, 5) is 29.3. The number of hydrogen-bond donors (Lipinski definition) is 1. The number of amides is 2. The highest BCUT2D eigenvalue weighted by atomic mass is 32.1. The Hall–Kier alpha value is -2.18. The Kier molecular flexibility index (Phi) is 5.27. The van der Waals surface area contributed by atoms with E-state index in [2.05, 4.69) is 17.3 Å². The lowest BCUT2D eigenvalue weighted by Gasteiger charge is -2.32. The first-order valence-corrected chi connectivity index (χ1v) is 8.90. The van der Waals surface area contributed by atoms with Crippen LogP contribution in [0.4, 0.5) is 5.69 Å². The number of nitrogens with one attached hydrogen (secondary N) is 1. The molecule has 1 fully saturated rings. The van der Waals surface area contributed by atoms with Gasteiger partial charge in [0.2, 0.25) is 5.91 Å². The van der Waals surface area contributed by atoms with Crippen LogP contribution in [0.2, 0.25) is 0 Å². The van der Waals surface area contributed by atoms with Gasteiger partial charge in [-0.3, -0.25) is 9.59 Å². The van der Waals surface area contributed by atoms with Gasteiger partial charge in [-0.2, -0.15) is 0 Å². The first-order chi connectivity index (χ1) is 11.6. The van der Waals surface area contributed by atoms with Gasteiger partial charge in [-0.15, -0.1) is 11.3 Å². The minimum absolute atomic E-state index is 0.118. The predicted molar refractivity (Wildman–Crippen MR) is 96.5 cm³/mol. The molecule has 1 saturated heterocycles. The molecule has 1 aliphatic rings. The van der Waals surface area contributed by atoms with Crippen molar-refractivity contribution in [2.24, 2.45) is 0 Å². The molecule has 0 spiro atoms. The average molecular weight is 343 g/mol. The van der Waals surface area contributed by atoms with Crippen LogP contribution in [0, 0.1) is 0 Å². The van der Waals surface area contributed by atoms with Crippen LogP contribution in [-0.2, 0) is 11.2 Å². The third-order valence-electron chi connectivity index (χ3n) is 4.14. The molecule has 0 bridgehead atoms. The second-order valence-electron chi connectivity index (χ2n) is 5.99. The fourth-order valence-electron chi connectivity index (χ4n) is 2.70. The zero-order chi connectivity index (χ0) is 16.9. The van der Waals surface area contributed by atoms with Crippen LogP contribution in [0.1, 0.15) is 15.2 Å². The van der Waals surface area contributed by atoms with Crippen LogP contribution in [0.3, 0.4) is 0 Å². The van der Waals surface area contributed by atoms with Crippen molar-refractivity contribution in [3.05, 3.63) is 52.2 Å². The van der Waals surface area contributed by atoms with Crippen LogP contribution in [-0.4, -0.2) is 54.8 Å². The third kappa shape index (κ3) is 4.21. The average Bonchev–Trinajstić information content (AvgIpc) is 3.10. The van der Waals surface area contributed by atoms with E-state index in [0.29, 0.717) is 11.3 Å². The fourth-order valence-corrected chi connectivity index (χ4v) is 3.32. The number of carbonyl (C=O) groups excluding carboxylic acids is 2. The van der Waals surface area contributed by atoms with Gasteiger partial charge in [0.25, 0.3) is 5.91 Å². The van der Waals surface area contributed by atoms with E-state index in [9.17, 15) is 9.59 Å². The summed E-state index contributed by atoms with van der Waals surface area (Å²) in [6, 6.07) is 11.2. The van der Waals surface area contributed by atoms with E-state index in [1.54, 1.807) is 6.07 Å². The van der Waals surface area contributed by atoms with Gasteiger partial charge in [0.1, 0.15) is 0 Å². The highest BCUT2D eigenvalue weighted by Crippen LogP contribution is 2.16. The van der Waals surface area contributed by atoms with Crippen molar-refractivity contribution in [1.29, 1.82) is 0 Å². The molecule has 1 aromatic carbocycles. The zero-order valence-electron chi connectivity index (χ0n) is 13.7. The van der Waals surface area contributed by atoms with Crippen LogP contribution < -0.4 is 5.32 Å². The Morgan fingerprint density at radius 2 is 1.92 bits per heavy atom. The maximum absolute atomic E-state index is 12.4. The molecule has 0 atom stereocenters. The normalized spacial score (nSPS) is 15.3. The van der Waals surface area contributed by atoms with E-state index >= 15 is 0 Å². The maximum Gasteiger partial charge on any atom is 0.265 e. The van der Waals surface area contributed by atoms with E-state index in [0.717, 1.165) is 37.4 Å². The van der Waals surface area contributed by atoms with Gasteiger partial charge < -0.3 is 15.1 Å². The van der Waals surface area contributed by atoms with E-state index in [-0.39, 0.29) is 11.8 Å². The first-order valence-electron chi connectivity index (χ1n) is 8.02. The molecule has 1 aromatic heterocycles. The molecule has 3 rings (SSSR count). The Labute approximate surface area is 145 Å². The van der Waals surface area contributed by atoms with Gasteiger partial charge in [0.05, 0.1) is 11.3 Å². The van der Waals surface area contributed by atoms with Crippen molar-refractivity contribution in [2.75, 3.05) is 38.5 Å². The number of nitrogens with zero attached hydrogens (tertiary/aromatic N) is 2. The number of likely N-dealkylation sites (N-methyl/N-ethyl adjacent to an activating group) is 1. The number of benzene rings is 1. The largest absolute Gasteiger partial charge is 0.340 e. The van der Waals surface area contributed by atoms with Gasteiger partial charge in [0.15, 0.2) is 0 Å². The number of carbonyl (C=O) groups is 2. The van der Waals surface area contributed by atoms with E-state index in [4.69, 9.17) is 0 Å². The van der Waals surface area contributed by atoms with Gasteiger partial charge >= 0.3 is 0 Å². The molecule has 0 radical (unpaired) electrons. The van der Waals surface area contributed by atoms with Crippen molar-refractivity contribution in [1.82, 2.24) is 9.80 Å². The standard InChI is InChI=1S/C18H21N3O2S/c1-20-7-9-21(10-8-20)17(22)13-14-4-2-5-15(12-14)19-18(23)16-6-3-11-24-16/h2-6,11-12H,7-10,13H2,1H3,(H,19,23). The molecular weight excluding hydrogens is 322 g/mol. The highest BCUT2D eigenvalue weighted by Gasteiger charge is 2.19. The summed E-state index contributed by atoms with van der Waals surface area (Å²) in [5, 5.41) is 4.76. The Morgan fingerprint density at radius 3 is 2.62 bits per heavy atom. The Balaban J connectivity index is 1.60. The molecule has 0 saturated carbocycles. The molecule has 0 aliphatic carbocycles. The van der Waals surface area contributed by atoms with Crippen molar-refractivity contribution < 1.29 is 9.59 Å². The summed E-state index contributed by atoms with van der Waals surface area (Å²) < 4.78 is 0. The minimum Gasteiger partial charge on any atom is -0.340 e. The Morgan fingerprint density at radius 1 is 1.12 bits per heavy atom. The summed E-state index contributed by atoms with van der Waals surface area (Å²) in [6.45, 7) is 3.40. The van der Waals surface area contributed by atoms with Crippen LogP contribution in [0.25, 0.3) is 0 Å². The number of hydrogen-bond acceptors (Lipinski definition) is 4. The SMILES string of the molecule is CN1CCN(C(=O)Cc2cccc(NC(=O)c3cccs3)c2)CC1. The van der Waals surface area contributed by atoms with E-state index < -0.39 is 0 Å². The molecule has 6 heteroatoms. The molecular formula is C18H21N3O2S. The van der Waals surface area contributed by atoms with Gasteiger partial charge in [0, 0.05) is 31.9 Å². The molecule has 1 N–H and O–H groups in total. The molecule has 1 aliphatic heterocycles. The fraction of sp³-hybridized carbons (Fsp3) is 0.333. The van der Waals surface area contributed by atoms with Gasteiger partial charge in [-0.05, 0) is 36.2 Å². The number of piperazine rings is 1. The topological polar surface area (TPSA) is 52.6 Å². The molecule has 2 amide bonds. The smallest absolute Gasteiger partial charge is 0.265 e. The summed E-state index contributed by atoms with van der Waals surface area (Å²) in [6.07, 6.45) is 0.367. The van der Waals surface area contributed by atoms with E-state index in [1.165, 1.54) is 11.3 Å². The van der Waals surface area contributed by atoms with Crippen molar-refractivity contribution in [3.8, 4) is 0 Å². The van der Waals surface area contributed by atoms with Crippen molar-refractivity contribution in [3.63, 3.8) is 0 Å². The molecule has 2 aromatic rings. The molecule has 0 unspecified atom stereocenters. The molecule has 5 nitrogen and oxygen atoms in total. The van der Waals surface area contributed by atoms with Crippen LogP contribution in [0.15, 0.2) is 41.8 Å². The summed E-state index contributed by atoms with van der Waals surface area (Å²) in [7, 11) is 2.07. The Bertz CT molecular complexity index is 707. The lowest BCUT2D eigenvalue weighted by molar-refractivity contribution is -0.132. The monoisotopic (exact) mass is 343 g/mol. The zero-order valence-corrected chi connectivity index (χ0v) is 14.5. The van der Waals surface area contributed by atoms with Crippen molar-refractivity contribution >= 4 is 28.8 Å². The van der Waals surface area contributed by atoms with Gasteiger partial charge in [-0.25, -0.2) is 0 Å². The quantitative estimate of drug-likeness (QED) is 0.927. The van der Waals surface area contributed by atoms with E-state index in [1.807, 2.05) is 40.6 Å². The second-order valence-corrected chi connectivity index (χ2v) is 6.94. The van der Waals surface area contributed by atoms with Gasteiger partial charge in [-0.1, -0.05) is 18.2 Å². The lowest BCUT2D eigenvalue weighted by Crippen LogP contribution is -2.47. The van der Waals surface area contributed by atoms with Crippen LogP contribution in [0.5, 0.6) is 0 Å². The maximum atomic E-state index is 12.4. The summed E-state index contributed by atoms with van der Waals surface area (Å²) >= 11 is 1.41. The predicted octanol–water partition coefficient (Wildman–Crippen LogP) is 2.32. The highest BCUT2D eigenvalue weighted by molar-refractivity contribution is 7.12. The third-order valence-corrected chi connectivity index (χ3v) is 5.01. The summed E-state index contributed by atoms with van der Waals surface area (Å²) in [5.74, 6) is 0.0253. The molecule has 2 heterocycles. The van der Waals surface area contributed by atoms with Crippen LogP contribution >= 0.6 is 11.3 Å². The lowest BCUT2D eigenvalue weighted by atomic mass is 10.1.